The lowest BCUT2D eigenvalue weighted by Gasteiger charge is -2.15. The molecule has 6 heteroatoms. The number of amides is 1. The topological polar surface area (TPSA) is 73.6 Å². The summed E-state index contributed by atoms with van der Waals surface area (Å²) in [7, 11) is 1.62. The Kier molecular flexibility index (Phi) is 11.0. The second-order valence-corrected chi connectivity index (χ2v) is 4.10. The van der Waals surface area contributed by atoms with E-state index in [9.17, 15) is 4.79 Å². The zero-order valence-electron chi connectivity index (χ0n) is 11.7. The summed E-state index contributed by atoms with van der Waals surface area (Å²) in [6, 6.07) is 9.54. The lowest BCUT2D eigenvalue weighted by atomic mass is 9.98. The molecule has 0 aliphatic carbocycles. The Morgan fingerprint density at radius 2 is 1.95 bits per heavy atom. The number of ether oxygens (including phenoxy) is 2. The summed E-state index contributed by atoms with van der Waals surface area (Å²) in [4.78, 5) is 12.0. The molecule has 0 radical (unpaired) electrons. The van der Waals surface area contributed by atoms with Gasteiger partial charge in [0.05, 0.1) is 25.7 Å². The minimum absolute atomic E-state index is 0. The van der Waals surface area contributed by atoms with Gasteiger partial charge in [-0.25, -0.2) is 0 Å². The molecule has 20 heavy (non-hydrogen) atoms. The highest BCUT2D eigenvalue weighted by Gasteiger charge is 2.17. The molecule has 0 fully saturated rings. The van der Waals surface area contributed by atoms with Gasteiger partial charge in [-0.3, -0.25) is 4.79 Å². The number of hydrogen-bond donors (Lipinski definition) is 2. The van der Waals surface area contributed by atoms with Gasteiger partial charge >= 0.3 is 0 Å². The van der Waals surface area contributed by atoms with Gasteiger partial charge in [-0.2, -0.15) is 0 Å². The van der Waals surface area contributed by atoms with Crippen LogP contribution in [0.25, 0.3) is 0 Å². The highest BCUT2D eigenvalue weighted by molar-refractivity contribution is 5.85. The van der Waals surface area contributed by atoms with Crippen molar-refractivity contribution in [3.05, 3.63) is 35.9 Å². The average molecular weight is 303 g/mol. The van der Waals surface area contributed by atoms with Crippen LogP contribution in [-0.2, 0) is 14.3 Å². The van der Waals surface area contributed by atoms with E-state index >= 15 is 0 Å². The smallest absolute Gasteiger partial charge is 0.228 e. The lowest BCUT2D eigenvalue weighted by molar-refractivity contribution is -0.122. The fourth-order valence-corrected chi connectivity index (χ4v) is 1.69. The number of methoxy groups -OCH3 is 1. The SMILES string of the molecule is COCCOCCNC(=O)C(CN)c1ccccc1.Cl. The Morgan fingerprint density at radius 1 is 1.25 bits per heavy atom. The van der Waals surface area contributed by atoms with Crippen LogP contribution in [0.15, 0.2) is 30.3 Å². The van der Waals surface area contributed by atoms with E-state index in [1.165, 1.54) is 0 Å². The molecule has 0 spiro atoms. The van der Waals surface area contributed by atoms with Crippen LogP contribution < -0.4 is 11.1 Å². The lowest BCUT2D eigenvalue weighted by Crippen LogP contribution is -2.35. The van der Waals surface area contributed by atoms with Gasteiger partial charge in [-0.15, -0.1) is 12.4 Å². The van der Waals surface area contributed by atoms with E-state index in [2.05, 4.69) is 5.32 Å². The summed E-state index contributed by atoms with van der Waals surface area (Å²) in [6.45, 7) is 2.34. The van der Waals surface area contributed by atoms with E-state index < -0.39 is 0 Å². The van der Waals surface area contributed by atoms with Gasteiger partial charge in [0.2, 0.25) is 5.91 Å². The molecule has 0 aromatic heterocycles. The molecule has 0 saturated carbocycles. The third-order valence-electron chi connectivity index (χ3n) is 2.73. The molecule has 0 aliphatic rings. The zero-order chi connectivity index (χ0) is 13.9. The molecule has 1 unspecified atom stereocenters. The van der Waals surface area contributed by atoms with Gasteiger partial charge in [0, 0.05) is 20.2 Å². The van der Waals surface area contributed by atoms with E-state index in [1.807, 2.05) is 30.3 Å². The van der Waals surface area contributed by atoms with E-state index in [0.29, 0.717) is 32.9 Å². The van der Waals surface area contributed by atoms with Crippen LogP contribution in [0.5, 0.6) is 0 Å². The molecule has 1 aromatic rings. The van der Waals surface area contributed by atoms with Crippen LogP contribution in [0.2, 0.25) is 0 Å². The molecule has 1 amide bonds. The third-order valence-corrected chi connectivity index (χ3v) is 2.73. The maximum atomic E-state index is 12.0. The Balaban J connectivity index is 0.00000361. The first-order valence-electron chi connectivity index (χ1n) is 6.39. The number of carbonyl (C=O) groups excluding carboxylic acids is 1. The van der Waals surface area contributed by atoms with Gasteiger partial charge in [0.15, 0.2) is 0 Å². The summed E-state index contributed by atoms with van der Waals surface area (Å²) in [6.07, 6.45) is 0. The fourth-order valence-electron chi connectivity index (χ4n) is 1.69. The summed E-state index contributed by atoms with van der Waals surface area (Å²) < 4.78 is 10.1. The molecule has 1 rings (SSSR count). The standard InChI is InChI=1S/C14H22N2O3.ClH/c1-18-9-10-19-8-7-16-14(17)13(11-15)12-5-3-2-4-6-12;/h2-6,13H,7-11,15H2,1H3,(H,16,17);1H. The van der Waals surface area contributed by atoms with Gasteiger partial charge in [-0.1, -0.05) is 30.3 Å². The Hall–Kier alpha value is -1.14. The first-order valence-corrected chi connectivity index (χ1v) is 6.39. The van der Waals surface area contributed by atoms with Crippen LogP contribution in [0, 0.1) is 0 Å². The fraction of sp³-hybridized carbons (Fsp3) is 0.500. The van der Waals surface area contributed by atoms with Crippen molar-refractivity contribution in [1.82, 2.24) is 5.32 Å². The predicted molar refractivity (Wildman–Crippen MR) is 81.2 cm³/mol. The number of nitrogens with one attached hydrogen (secondary N) is 1. The quantitative estimate of drug-likeness (QED) is 0.666. The largest absolute Gasteiger partial charge is 0.382 e. The van der Waals surface area contributed by atoms with Crippen molar-refractivity contribution in [2.24, 2.45) is 5.73 Å². The highest BCUT2D eigenvalue weighted by Crippen LogP contribution is 2.13. The van der Waals surface area contributed by atoms with E-state index in [0.717, 1.165) is 5.56 Å². The van der Waals surface area contributed by atoms with Gasteiger partial charge in [0.1, 0.15) is 0 Å². The molecule has 1 atom stereocenters. The zero-order valence-corrected chi connectivity index (χ0v) is 12.5. The Bertz CT molecular complexity index is 363. The van der Waals surface area contributed by atoms with Gasteiger partial charge in [0.25, 0.3) is 0 Å². The summed E-state index contributed by atoms with van der Waals surface area (Å²) >= 11 is 0. The molecule has 1 aromatic carbocycles. The molecule has 5 nitrogen and oxygen atoms in total. The molecular formula is C14H23ClN2O3. The van der Waals surface area contributed by atoms with Crippen LogP contribution in [0.1, 0.15) is 11.5 Å². The maximum Gasteiger partial charge on any atom is 0.228 e. The second kappa shape index (κ2) is 11.7. The summed E-state index contributed by atoms with van der Waals surface area (Å²) in [5.74, 6) is -0.371. The van der Waals surface area contributed by atoms with Gasteiger partial charge < -0.3 is 20.5 Å². The number of carbonyl (C=O) groups is 1. The monoisotopic (exact) mass is 302 g/mol. The third kappa shape index (κ3) is 6.86. The molecule has 0 aliphatic heterocycles. The second-order valence-electron chi connectivity index (χ2n) is 4.10. The minimum atomic E-state index is -0.305. The number of benzene rings is 1. The minimum Gasteiger partial charge on any atom is -0.382 e. The van der Waals surface area contributed by atoms with Crippen LogP contribution in [0.3, 0.4) is 0 Å². The average Bonchev–Trinajstić information content (AvgIpc) is 2.45. The number of hydrogen-bond acceptors (Lipinski definition) is 4. The molecule has 3 N–H and O–H groups in total. The molecule has 0 heterocycles. The van der Waals surface area contributed by atoms with Crippen molar-refractivity contribution < 1.29 is 14.3 Å². The predicted octanol–water partition coefficient (Wildman–Crippen LogP) is 0.930. The first-order chi connectivity index (χ1) is 9.29. The normalized spacial score (nSPS) is 11.5. The van der Waals surface area contributed by atoms with Crippen LogP contribution in [-0.4, -0.2) is 45.9 Å². The number of halogens is 1. The van der Waals surface area contributed by atoms with Crippen molar-refractivity contribution in [2.45, 2.75) is 5.92 Å². The highest BCUT2D eigenvalue weighted by atomic mass is 35.5. The van der Waals surface area contributed by atoms with Crippen molar-refractivity contribution >= 4 is 18.3 Å². The molecule has 0 saturated heterocycles. The Morgan fingerprint density at radius 3 is 2.55 bits per heavy atom. The van der Waals surface area contributed by atoms with Crippen molar-refractivity contribution in [2.75, 3.05) is 40.0 Å². The van der Waals surface area contributed by atoms with Gasteiger partial charge in [-0.05, 0) is 5.56 Å². The van der Waals surface area contributed by atoms with Crippen molar-refractivity contribution in [3.8, 4) is 0 Å². The Labute approximate surface area is 126 Å². The molecule has 114 valence electrons. The number of nitrogens with two attached hydrogens (primary N) is 1. The van der Waals surface area contributed by atoms with E-state index in [-0.39, 0.29) is 24.2 Å². The van der Waals surface area contributed by atoms with E-state index in [1.54, 1.807) is 7.11 Å². The summed E-state index contributed by atoms with van der Waals surface area (Å²) in [5.41, 5.74) is 6.60. The van der Waals surface area contributed by atoms with Crippen LogP contribution in [0.4, 0.5) is 0 Å². The van der Waals surface area contributed by atoms with Crippen molar-refractivity contribution in [3.63, 3.8) is 0 Å². The molecular weight excluding hydrogens is 280 g/mol. The summed E-state index contributed by atoms with van der Waals surface area (Å²) in [5, 5.41) is 2.82. The van der Waals surface area contributed by atoms with Crippen molar-refractivity contribution in [1.29, 1.82) is 0 Å². The molecule has 0 bridgehead atoms. The maximum absolute atomic E-state index is 12.0. The van der Waals surface area contributed by atoms with Crippen LogP contribution >= 0.6 is 12.4 Å². The number of rotatable bonds is 9. The van der Waals surface area contributed by atoms with E-state index in [4.69, 9.17) is 15.2 Å². The first kappa shape index (κ1) is 18.9.